The highest BCUT2D eigenvalue weighted by Gasteiger charge is 2.27. The molecular formula is C29H33FN2O4. The normalized spacial score (nSPS) is 15.1. The van der Waals surface area contributed by atoms with Crippen LogP contribution in [-0.4, -0.2) is 47.4 Å². The maximum atomic E-state index is 13.6. The molecule has 2 amide bonds. The van der Waals surface area contributed by atoms with E-state index in [0.29, 0.717) is 24.5 Å². The lowest BCUT2D eigenvalue weighted by Crippen LogP contribution is -2.45. The first-order valence-electron chi connectivity index (χ1n) is 12.5. The minimum absolute atomic E-state index is 0.0880. The summed E-state index contributed by atoms with van der Waals surface area (Å²) < 4.78 is 24.9. The molecule has 1 aliphatic rings. The molecule has 6 nitrogen and oxygen atoms in total. The van der Waals surface area contributed by atoms with Gasteiger partial charge in [-0.25, -0.2) is 4.39 Å². The van der Waals surface area contributed by atoms with Gasteiger partial charge in [-0.1, -0.05) is 31.2 Å². The number of rotatable bonds is 10. The van der Waals surface area contributed by atoms with Crippen molar-refractivity contribution in [2.24, 2.45) is 0 Å². The van der Waals surface area contributed by atoms with Crippen LogP contribution in [0, 0.1) is 12.7 Å². The molecule has 0 bridgehead atoms. The van der Waals surface area contributed by atoms with Crippen LogP contribution in [0.2, 0.25) is 0 Å². The Morgan fingerprint density at radius 1 is 0.944 bits per heavy atom. The van der Waals surface area contributed by atoms with Crippen LogP contribution in [0.3, 0.4) is 0 Å². The fourth-order valence-electron chi connectivity index (χ4n) is 4.38. The zero-order valence-electron chi connectivity index (χ0n) is 20.9. The Morgan fingerprint density at radius 3 is 2.28 bits per heavy atom. The van der Waals surface area contributed by atoms with Crippen LogP contribution in [0.25, 0.3) is 0 Å². The van der Waals surface area contributed by atoms with Crippen LogP contribution < -0.4 is 0 Å². The zero-order chi connectivity index (χ0) is 25.5. The molecule has 4 rings (SSSR count). The Balaban J connectivity index is 1.55. The molecule has 1 unspecified atom stereocenters. The number of nitrogens with zero attached hydrogens (tertiary/aromatic N) is 2. The minimum atomic E-state index is -0.333. The molecule has 190 valence electrons. The zero-order valence-corrected chi connectivity index (χ0v) is 20.9. The molecule has 0 spiro atoms. The molecule has 7 heteroatoms. The lowest BCUT2D eigenvalue weighted by Gasteiger charge is -2.29. The molecule has 36 heavy (non-hydrogen) atoms. The number of halogens is 1. The smallest absolute Gasteiger partial charge is 0.254 e. The van der Waals surface area contributed by atoms with Crippen LogP contribution in [0.1, 0.15) is 52.8 Å². The van der Waals surface area contributed by atoms with Gasteiger partial charge < -0.3 is 19.0 Å². The third-order valence-electron chi connectivity index (χ3n) is 6.45. The van der Waals surface area contributed by atoms with E-state index in [9.17, 15) is 14.0 Å². The first kappa shape index (κ1) is 25.6. The highest BCUT2D eigenvalue weighted by molar-refractivity contribution is 5.96. The standard InChI is InChI=1S/C29H33FN2O4/c1-3-22-7-11-24(12-8-22)29(34)32(18-26-5-4-16-35-26)20-28(33)31(19-27-15-6-21(2)36-27)17-23-9-13-25(30)14-10-23/h6-15,26H,3-5,16-20H2,1-2H3. The van der Waals surface area contributed by atoms with Crippen molar-refractivity contribution < 1.29 is 23.1 Å². The predicted molar refractivity (Wildman–Crippen MR) is 135 cm³/mol. The van der Waals surface area contributed by atoms with Gasteiger partial charge in [-0.2, -0.15) is 0 Å². The monoisotopic (exact) mass is 492 g/mol. The molecule has 3 aromatic rings. The van der Waals surface area contributed by atoms with Gasteiger partial charge in [0.25, 0.3) is 5.91 Å². The summed E-state index contributed by atoms with van der Waals surface area (Å²) in [6.07, 6.45) is 2.60. The third-order valence-corrected chi connectivity index (χ3v) is 6.45. The van der Waals surface area contributed by atoms with Gasteiger partial charge in [0.05, 0.1) is 12.6 Å². The summed E-state index contributed by atoms with van der Waals surface area (Å²) in [6, 6.07) is 17.3. The summed E-state index contributed by atoms with van der Waals surface area (Å²) in [5, 5.41) is 0. The Bertz CT molecular complexity index is 1150. The number of benzene rings is 2. The summed E-state index contributed by atoms with van der Waals surface area (Å²) in [5.74, 6) is 0.655. The van der Waals surface area contributed by atoms with Crippen LogP contribution in [0.4, 0.5) is 4.39 Å². The Labute approximate surface area is 211 Å². The third kappa shape index (κ3) is 6.82. The first-order chi connectivity index (χ1) is 17.4. The van der Waals surface area contributed by atoms with E-state index in [1.807, 2.05) is 43.3 Å². The molecule has 1 saturated heterocycles. The number of furan rings is 1. The maximum Gasteiger partial charge on any atom is 0.254 e. The largest absolute Gasteiger partial charge is 0.464 e. The molecule has 2 aromatic carbocycles. The van der Waals surface area contributed by atoms with Crippen LogP contribution in [0.5, 0.6) is 0 Å². The van der Waals surface area contributed by atoms with E-state index in [0.717, 1.165) is 36.1 Å². The van der Waals surface area contributed by atoms with Crippen molar-refractivity contribution in [1.29, 1.82) is 0 Å². The Morgan fingerprint density at radius 2 is 1.67 bits per heavy atom. The van der Waals surface area contributed by atoms with Gasteiger partial charge in [0.2, 0.25) is 5.91 Å². The molecule has 1 fully saturated rings. The quantitative estimate of drug-likeness (QED) is 0.393. The van der Waals surface area contributed by atoms with Gasteiger partial charge in [-0.3, -0.25) is 9.59 Å². The van der Waals surface area contributed by atoms with Crippen molar-refractivity contribution >= 4 is 11.8 Å². The van der Waals surface area contributed by atoms with E-state index in [-0.39, 0.29) is 43.4 Å². The van der Waals surface area contributed by atoms with Crippen molar-refractivity contribution in [3.8, 4) is 0 Å². The van der Waals surface area contributed by atoms with Crippen molar-refractivity contribution in [3.63, 3.8) is 0 Å². The van der Waals surface area contributed by atoms with E-state index >= 15 is 0 Å². The number of amides is 2. The van der Waals surface area contributed by atoms with E-state index in [4.69, 9.17) is 9.15 Å². The van der Waals surface area contributed by atoms with Crippen LogP contribution in [0.15, 0.2) is 65.1 Å². The molecule has 1 atom stereocenters. The summed E-state index contributed by atoms with van der Waals surface area (Å²) in [4.78, 5) is 30.3. The highest BCUT2D eigenvalue weighted by Crippen LogP contribution is 2.18. The topological polar surface area (TPSA) is 63.0 Å². The molecular weight excluding hydrogens is 459 g/mol. The van der Waals surface area contributed by atoms with Crippen LogP contribution in [-0.2, 0) is 29.0 Å². The second-order valence-electron chi connectivity index (χ2n) is 9.26. The fourth-order valence-corrected chi connectivity index (χ4v) is 4.38. The number of hydrogen-bond donors (Lipinski definition) is 0. The van der Waals surface area contributed by atoms with E-state index in [1.165, 1.54) is 12.1 Å². The number of carbonyl (C=O) groups is 2. The van der Waals surface area contributed by atoms with Gasteiger partial charge in [-0.15, -0.1) is 0 Å². The van der Waals surface area contributed by atoms with Gasteiger partial charge >= 0.3 is 0 Å². The highest BCUT2D eigenvalue weighted by atomic mass is 19.1. The second-order valence-corrected chi connectivity index (χ2v) is 9.26. The number of aryl methyl sites for hydroxylation is 2. The van der Waals surface area contributed by atoms with Crippen molar-refractivity contribution in [3.05, 3.63) is 94.7 Å². The summed E-state index contributed by atoms with van der Waals surface area (Å²) >= 11 is 0. The second kappa shape index (κ2) is 12.0. The van der Waals surface area contributed by atoms with Gasteiger partial charge in [0.15, 0.2) is 0 Å². The van der Waals surface area contributed by atoms with Gasteiger partial charge in [-0.05, 0) is 73.7 Å². The van der Waals surface area contributed by atoms with Crippen LogP contribution >= 0.6 is 0 Å². The molecule has 1 aromatic heterocycles. The average molecular weight is 493 g/mol. The SMILES string of the molecule is CCc1ccc(C(=O)N(CC(=O)N(Cc2ccc(F)cc2)Cc2ccc(C)o2)CC2CCCO2)cc1. The number of ether oxygens (including phenoxy) is 1. The van der Waals surface area contributed by atoms with Gasteiger partial charge in [0.1, 0.15) is 23.9 Å². The maximum absolute atomic E-state index is 13.6. The Hall–Kier alpha value is -3.45. The van der Waals surface area contributed by atoms with Gasteiger partial charge in [0, 0.05) is 25.3 Å². The molecule has 0 N–H and O–H groups in total. The Kier molecular flexibility index (Phi) is 8.54. The van der Waals surface area contributed by atoms with E-state index < -0.39 is 0 Å². The van der Waals surface area contributed by atoms with E-state index in [2.05, 4.69) is 6.92 Å². The predicted octanol–water partition coefficient (Wildman–Crippen LogP) is 5.14. The van der Waals surface area contributed by atoms with Crippen molar-refractivity contribution in [2.45, 2.75) is 52.3 Å². The average Bonchev–Trinajstić information content (AvgIpc) is 3.55. The molecule has 1 aliphatic heterocycles. The molecule has 2 heterocycles. The minimum Gasteiger partial charge on any atom is -0.464 e. The summed E-state index contributed by atoms with van der Waals surface area (Å²) in [5.41, 5.74) is 2.48. The summed E-state index contributed by atoms with van der Waals surface area (Å²) in [6.45, 7) is 5.36. The number of hydrogen-bond acceptors (Lipinski definition) is 4. The summed E-state index contributed by atoms with van der Waals surface area (Å²) in [7, 11) is 0. The lowest BCUT2D eigenvalue weighted by molar-refractivity contribution is -0.133. The first-order valence-corrected chi connectivity index (χ1v) is 12.5. The number of carbonyl (C=O) groups excluding carboxylic acids is 2. The van der Waals surface area contributed by atoms with Crippen molar-refractivity contribution in [1.82, 2.24) is 9.80 Å². The lowest BCUT2D eigenvalue weighted by atomic mass is 10.1. The van der Waals surface area contributed by atoms with Crippen molar-refractivity contribution in [2.75, 3.05) is 19.7 Å². The fraction of sp³-hybridized carbons (Fsp3) is 0.379. The molecule has 0 saturated carbocycles. The molecule has 0 aliphatic carbocycles. The molecule has 0 radical (unpaired) electrons. The van der Waals surface area contributed by atoms with E-state index in [1.54, 1.807) is 21.9 Å².